The highest BCUT2D eigenvalue weighted by molar-refractivity contribution is 6.30. The van der Waals surface area contributed by atoms with Crippen LogP contribution in [-0.2, 0) is 11.2 Å². The Hall–Kier alpha value is -3.57. The second kappa shape index (κ2) is 8.17. The van der Waals surface area contributed by atoms with Gasteiger partial charge in [0, 0.05) is 16.4 Å². The quantitative estimate of drug-likeness (QED) is 0.396. The van der Waals surface area contributed by atoms with Crippen molar-refractivity contribution >= 4 is 40.2 Å². The fourth-order valence-corrected chi connectivity index (χ4v) is 4.37. The monoisotopic (exact) mass is 442 g/mol. The lowest BCUT2D eigenvalue weighted by molar-refractivity contribution is -0.113. The highest BCUT2D eigenvalue weighted by Gasteiger charge is 2.34. The third-order valence-corrected chi connectivity index (χ3v) is 6.13. The normalized spacial score (nSPS) is 15.4. The number of hydrogen-bond acceptors (Lipinski definition) is 3. The molecule has 5 rings (SSSR count). The van der Waals surface area contributed by atoms with Crippen LogP contribution < -0.4 is 10.6 Å². The lowest BCUT2D eigenvalue weighted by atomic mass is 9.93. The Morgan fingerprint density at radius 1 is 1.06 bits per heavy atom. The average molecular weight is 443 g/mol. The number of para-hydroxylation sites is 2. The number of nitrogens with one attached hydrogen (secondary N) is 2. The summed E-state index contributed by atoms with van der Waals surface area (Å²) in [5.41, 5.74) is 6.28. The van der Waals surface area contributed by atoms with Crippen molar-refractivity contribution in [2.24, 2.45) is 0 Å². The number of benzene rings is 3. The molecule has 0 radical (unpaired) electrons. The maximum Gasteiger partial charge on any atom is 0.255 e. The van der Waals surface area contributed by atoms with Gasteiger partial charge in [0.1, 0.15) is 0 Å². The zero-order valence-corrected chi connectivity index (χ0v) is 18.6. The fourth-order valence-electron chi connectivity index (χ4n) is 4.24. The Balaban J connectivity index is 1.64. The number of allylic oxidation sites excluding steroid dienone is 1. The van der Waals surface area contributed by atoms with E-state index in [0.717, 1.165) is 34.7 Å². The Morgan fingerprint density at radius 2 is 1.78 bits per heavy atom. The Morgan fingerprint density at radius 3 is 2.50 bits per heavy atom. The number of halogens is 1. The topological polar surface area (TPSA) is 59.0 Å². The number of aromatic nitrogens is 2. The molecule has 6 heteroatoms. The van der Waals surface area contributed by atoms with Gasteiger partial charge < -0.3 is 10.6 Å². The third kappa shape index (κ3) is 3.55. The van der Waals surface area contributed by atoms with E-state index in [-0.39, 0.29) is 11.9 Å². The molecule has 4 aromatic rings. The molecule has 0 aliphatic carbocycles. The summed E-state index contributed by atoms with van der Waals surface area (Å²) in [5, 5.41) is 7.01. The van der Waals surface area contributed by atoms with Crippen LogP contribution in [0.2, 0.25) is 5.02 Å². The maximum atomic E-state index is 13.6. The van der Waals surface area contributed by atoms with Crippen LogP contribution in [0.5, 0.6) is 0 Å². The molecule has 1 aliphatic heterocycles. The Labute approximate surface area is 191 Å². The molecule has 2 heterocycles. The Bertz CT molecular complexity index is 1340. The molecule has 3 aromatic carbocycles. The second-order valence-electron chi connectivity index (χ2n) is 7.92. The van der Waals surface area contributed by atoms with Gasteiger partial charge in [0.15, 0.2) is 0 Å². The molecule has 0 fully saturated rings. The van der Waals surface area contributed by atoms with E-state index < -0.39 is 0 Å². The van der Waals surface area contributed by atoms with Crippen LogP contribution in [0.4, 0.5) is 11.6 Å². The van der Waals surface area contributed by atoms with E-state index in [0.29, 0.717) is 16.3 Å². The molecule has 5 nitrogen and oxygen atoms in total. The molecule has 1 unspecified atom stereocenters. The summed E-state index contributed by atoms with van der Waals surface area (Å²) in [6.45, 7) is 4.06. The Kier molecular flexibility index (Phi) is 5.19. The summed E-state index contributed by atoms with van der Waals surface area (Å²) in [7, 11) is 0. The van der Waals surface area contributed by atoms with Crippen molar-refractivity contribution in [1.82, 2.24) is 9.55 Å². The molecule has 1 aromatic heterocycles. The molecule has 32 heavy (non-hydrogen) atoms. The number of rotatable bonds is 4. The van der Waals surface area contributed by atoms with Gasteiger partial charge >= 0.3 is 0 Å². The molecule has 1 aliphatic rings. The van der Waals surface area contributed by atoms with Crippen LogP contribution in [-0.4, -0.2) is 15.5 Å². The molecule has 2 N–H and O–H groups in total. The summed E-state index contributed by atoms with van der Waals surface area (Å²) >= 11 is 6.00. The third-order valence-electron chi connectivity index (χ3n) is 5.88. The summed E-state index contributed by atoms with van der Waals surface area (Å²) in [5.74, 6) is 0.571. The number of nitrogens with zero attached hydrogens (tertiary/aromatic N) is 2. The SMILES string of the molecule is CCc1ccc(C2C(C(=O)Nc3ccc(Cl)cc3)=C(C)Nc3nc4ccccc4n32)cc1. The number of carbonyl (C=O) groups excluding carboxylic acids is 1. The minimum absolute atomic E-state index is 0.162. The summed E-state index contributed by atoms with van der Waals surface area (Å²) in [6, 6.07) is 23.3. The van der Waals surface area contributed by atoms with Crippen LogP contribution >= 0.6 is 11.6 Å². The maximum absolute atomic E-state index is 13.6. The highest BCUT2D eigenvalue weighted by atomic mass is 35.5. The molecule has 0 saturated heterocycles. The molecular formula is C26H23ClN4O. The number of anilines is 2. The first kappa shape index (κ1) is 20.3. The minimum Gasteiger partial charge on any atom is -0.329 e. The lowest BCUT2D eigenvalue weighted by Crippen LogP contribution is -2.30. The number of imidazole rings is 1. The number of amides is 1. The molecule has 1 atom stereocenters. The fraction of sp³-hybridized carbons (Fsp3) is 0.154. The van der Waals surface area contributed by atoms with E-state index in [4.69, 9.17) is 16.6 Å². The molecule has 0 bridgehead atoms. The second-order valence-corrected chi connectivity index (χ2v) is 8.35. The van der Waals surface area contributed by atoms with E-state index >= 15 is 0 Å². The van der Waals surface area contributed by atoms with Crippen molar-refractivity contribution in [3.8, 4) is 0 Å². The van der Waals surface area contributed by atoms with E-state index in [1.165, 1.54) is 5.56 Å². The van der Waals surface area contributed by atoms with E-state index in [1.54, 1.807) is 24.3 Å². The number of hydrogen-bond donors (Lipinski definition) is 2. The first-order valence-corrected chi connectivity index (χ1v) is 11.0. The van der Waals surface area contributed by atoms with Crippen molar-refractivity contribution in [3.05, 3.63) is 100 Å². The van der Waals surface area contributed by atoms with Gasteiger partial charge in [0.2, 0.25) is 5.95 Å². The zero-order chi connectivity index (χ0) is 22.2. The molecule has 0 spiro atoms. The van der Waals surface area contributed by atoms with E-state index in [9.17, 15) is 4.79 Å². The first-order valence-electron chi connectivity index (χ1n) is 10.7. The number of carbonyl (C=O) groups is 1. The highest BCUT2D eigenvalue weighted by Crippen LogP contribution is 2.39. The predicted molar refractivity (Wildman–Crippen MR) is 130 cm³/mol. The predicted octanol–water partition coefficient (Wildman–Crippen LogP) is 6.18. The van der Waals surface area contributed by atoms with Crippen molar-refractivity contribution in [1.29, 1.82) is 0 Å². The lowest BCUT2D eigenvalue weighted by Gasteiger charge is -2.31. The summed E-state index contributed by atoms with van der Waals surface area (Å²) < 4.78 is 2.11. The summed E-state index contributed by atoms with van der Waals surface area (Å²) in [4.78, 5) is 18.3. The van der Waals surface area contributed by atoms with Crippen LogP contribution in [0.1, 0.15) is 31.0 Å². The molecule has 160 valence electrons. The van der Waals surface area contributed by atoms with Gasteiger partial charge in [-0.3, -0.25) is 9.36 Å². The largest absolute Gasteiger partial charge is 0.329 e. The van der Waals surface area contributed by atoms with Crippen molar-refractivity contribution < 1.29 is 4.79 Å². The van der Waals surface area contributed by atoms with Crippen molar-refractivity contribution in [2.45, 2.75) is 26.3 Å². The smallest absolute Gasteiger partial charge is 0.255 e. The van der Waals surface area contributed by atoms with Crippen LogP contribution in [0, 0.1) is 0 Å². The van der Waals surface area contributed by atoms with Gasteiger partial charge in [-0.25, -0.2) is 4.98 Å². The van der Waals surface area contributed by atoms with E-state index in [1.807, 2.05) is 31.2 Å². The molecule has 1 amide bonds. The minimum atomic E-state index is -0.308. The van der Waals surface area contributed by atoms with Crippen LogP contribution in [0.15, 0.2) is 84.1 Å². The van der Waals surface area contributed by atoms with Gasteiger partial charge in [-0.05, 0) is 60.9 Å². The molecule has 0 saturated carbocycles. The summed E-state index contributed by atoms with van der Waals surface area (Å²) in [6.07, 6.45) is 0.963. The number of fused-ring (bicyclic) bond motifs is 3. The number of aryl methyl sites for hydroxylation is 1. The van der Waals surface area contributed by atoms with Crippen LogP contribution in [0.3, 0.4) is 0 Å². The van der Waals surface area contributed by atoms with Gasteiger partial charge in [0.25, 0.3) is 5.91 Å². The van der Waals surface area contributed by atoms with Gasteiger partial charge in [0.05, 0.1) is 22.6 Å². The van der Waals surface area contributed by atoms with E-state index in [2.05, 4.69) is 46.4 Å². The van der Waals surface area contributed by atoms with Gasteiger partial charge in [-0.1, -0.05) is 54.9 Å². The van der Waals surface area contributed by atoms with Crippen LogP contribution in [0.25, 0.3) is 11.0 Å². The van der Waals surface area contributed by atoms with Crippen molar-refractivity contribution in [3.63, 3.8) is 0 Å². The van der Waals surface area contributed by atoms with Crippen molar-refractivity contribution in [2.75, 3.05) is 10.6 Å². The zero-order valence-electron chi connectivity index (χ0n) is 17.9. The van der Waals surface area contributed by atoms with Gasteiger partial charge in [-0.15, -0.1) is 0 Å². The first-order chi connectivity index (χ1) is 15.5. The van der Waals surface area contributed by atoms with Gasteiger partial charge in [-0.2, -0.15) is 0 Å². The average Bonchev–Trinajstić information content (AvgIpc) is 3.17. The standard InChI is InChI=1S/C26H23ClN4O/c1-3-17-8-10-18(11-9-17)24-23(25(32)29-20-14-12-19(27)13-15-20)16(2)28-26-30-21-6-4-5-7-22(21)31(24)26/h4-15,24H,3H2,1-2H3,(H,28,30)(H,29,32). The molecular weight excluding hydrogens is 420 g/mol.